The van der Waals surface area contributed by atoms with Crippen molar-refractivity contribution in [1.82, 2.24) is 5.32 Å². The Morgan fingerprint density at radius 3 is 2.74 bits per heavy atom. The normalized spacial score (nSPS) is 16.7. The highest BCUT2D eigenvalue weighted by molar-refractivity contribution is 7.92. The first-order valence-corrected chi connectivity index (χ1v) is 11.0. The Kier molecular flexibility index (Phi) is 4.86. The van der Waals surface area contributed by atoms with Crippen LogP contribution in [-0.4, -0.2) is 27.4 Å². The number of rotatable bonds is 5. The smallest absolute Gasteiger partial charge is 0.264 e. The second kappa shape index (κ2) is 7.17. The van der Waals surface area contributed by atoms with Crippen LogP contribution in [0, 0.1) is 5.92 Å². The van der Waals surface area contributed by atoms with E-state index >= 15 is 0 Å². The molecule has 5 nitrogen and oxygen atoms in total. The van der Waals surface area contributed by atoms with Crippen LogP contribution in [0.2, 0.25) is 5.02 Å². The maximum Gasteiger partial charge on any atom is 0.264 e. The highest BCUT2D eigenvalue weighted by Gasteiger charge is 2.30. The number of carbonyl (C=O) groups excluding carboxylic acids is 1. The third-order valence-corrected chi connectivity index (χ3v) is 7.23. The van der Waals surface area contributed by atoms with Crippen LogP contribution in [0.15, 0.2) is 47.4 Å². The van der Waals surface area contributed by atoms with Crippen LogP contribution in [0.25, 0.3) is 0 Å². The molecule has 7 heteroatoms. The summed E-state index contributed by atoms with van der Waals surface area (Å²) in [4.78, 5) is 12.5. The van der Waals surface area contributed by atoms with Crippen molar-refractivity contribution in [2.45, 2.75) is 30.6 Å². The van der Waals surface area contributed by atoms with Crippen LogP contribution in [0.4, 0.5) is 5.69 Å². The van der Waals surface area contributed by atoms with Crippen molar-refractivity contribution >= 4 is 33.2 Å². The van der Waals surface area contributed by atoms with Crippen LogP contribution in [0.3, 0.4) is 0 Å². The lowest BCUT2D eigenvalue weighted by molar-refractivity contribution is 0.0951. The van der Waals surface area contributed by atoms with Gasteiger partial charge in [-0.3, -0.25) is 9.10 Å². The minimum Gasteiger partial charge on any atom is -0.352 e. The van der Waals surface area contributed by atoms with E-state index in [4.69, 9.17) is 11.6 Å². The van der Waals surface area contributed by atoms with Gasteiger partial charge in [0.1, 0.15) is 0 Å². The average molecular weight is 405 g/mol. The number of aryl methyl sites for hydroxylation is 1. The van der Waals surface area contributed by atoms with Crippen molar-refractivity contribution in [1.29, 1.82) is 0 Å². The largest absolute Gasteiger partial charge is 0.352 e. The van der Waals surface area contributed by atoms with E-state index in [1.165, 1.54) is 22.5 Å². The molecule has 0 unspecified atom stereocenters. The first-order chi connectivity index (χ1) is 13.0. The Hall–Kier alpha value is -2.05. The van der Waals surface area contributed by atoms with Gasteiger partial charge < -0.3 is 5.32 Å². The lowest BCUT2D eigenvalue weighted by Gasteiger charge is -2.30. The molecule has 2 aromatic carbocycles. The number of fused-ring (bicyclic) bond motifs is 1. The van der Waals surface area contributed by atoms with Crippen molar-refractivity contribution in [3.8, 4) is 0 Å². The maximum atomic E-state index is 13.3. The van der Waals surface area contributed by atoms with Crippen molar-refractivity contribution in [2.75, 3.05) is 17.4 Å². The van der Waals surface area contributed by atoms with Gasteiger partial charge >= 0.3 is 0 Å². The Balaban J connectivity index is 1.66. The summed E-state index contributed by atoms with van der Waals surface area (Å²) in [6.45, 7) is 1.02. The molecule has 1 saturated carbocycles. The van der Waals surface area contributed by atoms with E-state index in [2.05, 4.69) is 5.32 Å². The van der Waals surface area contributed by atoms with Crippen molar-refractivity contribution < 1.29 is 13.2 Å². The van der Waals surface area contributed by atoms with Crippen molar-refractivity contribution in [3.05, 3.63) is 58.6 Å². The zero-order chi connectivity index (χ0) is 19.0. The summed E-state index contributed by atoms with van der Waals surface area (Å²) in [5, 5.41) is 3.09. The first-order valence-electron chi connectivity index (χ1n) is 9.15. The number of hydrogen-bond acceptors (Lipinski definition) is 3. The highest BCUT2D eigenvalue weighted by atomic mass is 35.5. The number of hydrogen-bond donors (Lipinski definition) is 1. The SMILES string of the molecule is O=C(NCC1CC1)c1cc(S(=O)(=O)N2CCCc3ccccc32)ccc1Cl. The molecular weight excluding hydrogens is 384 g/mol. The van der Waals surface area contributed by atoms with Crippen LogP contribution >= 0.6 is 11.6 Å². The Morgan fingerprint density at radius 2 is 1.96 bits per heavy atom. The second-order valence-electron chi connectivity index (χ2n) is 7.10. The zero-order valence-corrected chi connectivity index (χ0v) is 16.4. The number of halogens is 1. The number of carbonyl (C=O) groups is 1. The van der Waals surface area contributed by atoms with E-state index in [1.807, 2.05) is 24.3 Å². The topological polar surface area (TPSA) is 66.5 Å². The van der Waals surface area contributed by atoms with Gasteiger partial charge in [0.15, 0.2) is 0 Å². The third-order valence-electron chi connectivity index (χ3n) is 5.09. The van der Waals surface area contributed by atoms with Crippen LogP contribution < -0.4 is 9.62 Å². The molecule has 0 bridgehead atoms. The standard InChI is InChI=1S/C20H21ClN2O3S/c21-18-10-9-16(12-17(18)20(24)22-13-14-7-8-14)27(25,26)23-11-3-5-15-4-1-2-6-19(15)23/h1-2,4,6,9-10,12,14H,3,5,7-8,11,13H2,(H,22,24). The van der Waals surface area contributed by atoms with Gasteiger partial charge in [-0.2, -0.15) is 0 Å². The van der Waals surface area contributed by atoms with Crippen LogP contribution in [-0.2, 0) is 16.4 Å². The lowest BCUT2D eigenvalue weighted by Crippen LogP contribution is -2.35. The summed E-state index contributed by atoms with van der Waals surface area (Å²) < 4.78 is 28.0. The summed E-state index contributed by atoms with van der Waals surface area (Å²) in [5.74, 6) is 0.201. The molecule has 1 N–H and O–H groups in total. The molecule has 0 radical (unpaired) electrons. The highest BCUT2D eigenvalue weighted by Crippen LogP contribution is 2.33. The molecule has 142 valence electrons. The summed E-state index contributed by atoms with van der Waals surface area (Å²) >= 11 is 6.17. The fourth-order valence-electron chi connectivity index (χ4n) is 3.37. The third kappa shape index (κ3) is 3.69. The van der Waals surface area contributed by atoms with E-state index in [9.17, 15) is 13.2 Å². The number of sulfonamides is 1. The monoisotopic (exact) mass is 404 g/mol. The Morgan fingerprint density at radius 1 is 1.19 bits per heavy atom. The van der Waals surface area contributed by atoms with Gasteiger partial charge in [0.2, 0.25) is 0 Å². The molecule has 0 saturated heterocycles. The Bertz CT molecular complexity index is 986. The number of nitrogens with zero attached hydrogens (tertiary/aromatic N) is 1. The quantitative estimate of drug-likeness (QED) is 0.827. The van der Waals surface area contributed by atoms with Crippen molar-refractivity contribution in [2.24, 2.45) is 5.92 Å². The molecule has 4 rings (SSSR count). The molecule has 1 fully saturated rings. The molecule has 1 heterocycles. The first kappa shape index (κ1) is 18.3. The van der Waals surface area contributed by atoms with Gasteiger partial charge in [0.25, 0.3) is 15.9 Å². The summed E-state index contributed by atoms with van der Waals surface area (Å²) in [6.07, 6.45) is 3.86. The van der Waals surface area contributed by atoms with Gasteiger partial charge in [-0.1, -0.05) is 29.8 Å². The van der Waals surface area contributed by atoms with Gasteiger partial charge in [0.05, 0.1) is 21.2 Å². The van der Waals surface area contributed by atoms with Gasteiger partial charge in [0, 0.05) is 13.1 Å². The van der Waals surface area contributed by atoms with E-state index in [-0.39, 0.29) is 21.4 Å². The minimum absolute atomic E-state index is 0.0835. The molecule has 1 amide bonds. The average Bonchev–Trinajstić information content (AvgIpc) is 3.50. The summed E-state index contributed by atoms with van der Waals surface area (Å²) in [7, 11) is -3.77. The van der Waals surface area contributed by atoms with Crippen molar-refractivity contribution in [3.63, 3.8) is 0 Å². The van der Waals surface area contributed by atoms with Gasteiger partial charge in [-0.05, 0) is 61.4 Å². The minimum atomic E-state index is -3.77. The molecule has 1 aliphatic heterocycles. The van der Waals surface area contributed by atoms with Gasteiger partial charge in [-0.15, -0.1) is 0 Å². The van der Waals surface area contributed by atoms with Crippen LogP contribution in [0.1, 0.15) is 35.2 Å². The Labute approximate surface area is 164 Å². The van der Waals surface area contributed by atoms with E-state index in [1.54, 1.807) is 0 Å². The molecule has 0 atom stereocenters. The van der Waals surface area contributed by atoms with E-state index < -0.39 is 10.0 Å². The van der Waals surface area contributed by atoms with Crippen LogP contribution in [0.5, 0.6) is 0 Å². The predicted octanol–water partition coefficient (Wildman–Crippen LogP) is 3.62. The van der Waals surface area contributed by atoms with E-state index in [0.717, 1.165) is 31.2 Å². The molecular formula is C20H21ClN2O3S. The molecule has 2 aliphatic rings. The second-order valence-corrected chi connectivity index (χ2v) is 9.37. The zero-order valence-electron chi connectivity index (χ0n) is 14.8. The number of benzene rings is 2. The molecule has 0 aromatic heterocycles. The predicted molar refractivity (Wildman–Crippen MR) is 106 cm³/mol. The number of anilines is 1. The fraction of sp³-hybridized carbons (Fsp3) is 0.350. The summed E-state index contributed by atoms with van der Waals surface area (Å²) in [6, 6.07) is 11.9. The fourth-order valence-corrected chi connectivity index (χ4v) is 5.14. The molecule has 0 spiro atoms. The number of para-hydroxylation sites is 1. The molecule has 2 aromatic rings. The molecule has 1 aliphatic carbocycles. The lowest BCUT2D eigenvalue weighted by atomic mass is 10.0. The number of nitrogens with one attached hydrogen (secondary N) is 1. The van der Waals surface area contributed by atoms with E-state index in [0.29, 0.717) is 24.7 Å². The molecule has 27 heavy (non-hydrogen) atoms. The number of amides is 1. The summed E-state index contributed by atoms with van der Waals surface area (Å²) in [5.41, 5.74) is 1.92. The van der Waals surface area contributed by atoms with Gasteiger partial charge in [-0.25, -0.2) is 8.42 Å². The maximum absolute atomic E-state index is 13.3.